The Labute approximate surface area is 90.1 Å². The van der Waals surface area contributed by atoms with Crippen LogP contribution >= 0.6 is 11.6 Å². The number of nitrogens with one attached hydrogen (secondary N) is 1. The van der Waals surface area contributed by atoms with Crippen molar-refractivity contribution in [3.63, 3.8) is 0 Å². The lowest BCUT2D eigenvalue weighted by Crippen LogP contribution is -2.52. The van der Waals surface area contributed by atoms with E-state index in [0.717, 1.165) is 6.42 Å². The van der Waals surface area contributed by atoms with Gasteiger partial charge in [-0.05, 0) is 20.3 Å². The molecule has 0 aromatic rings. The molecule has 0 aromatic heterocycles. The van der Waals surface area contributed by atoms with Gasteiger partial charge in [0.2, 0.25) is 5.91 Å². The molecule has 1 heterocycles. The van der Waals surface area contributed by atoms with Crippen molar-refractivity contribution in [3.05, 3.63) is 0 Å². The predicted molar refractivity (Wildman–Crippen MR) is 56.5 cm³/mol. The molecule has 3 nitrogen and oxygen atoms in total. The first-order valence-electron chi connectivity index (χ1n) is 4.99. The summed E-state index contributed by atoms with van der Waals surface area (Å²) in [5, 5.41) is 3.01. The average molecular weight is 220 g/mol. The quantitative estimate of drug-likeness (QED) is 0.732. The van der Waals surface area contributed by atoms with E-state index in [1.54, 1.807) is 0 Å². The average Bonchev–Trinajstić information content (AvgIpc) is 2.45. The highest BCUT2D eigenvalue weighted by molar-refractivity contribution is 6.19. The second-order valence-electron chi connectivity index (χ2n) is 4.23. The van der Waals surface area contributed by atoms with E-state index < -0.39 is 0 Å². The largest absolute Gasteiger partial charge is 0.376 e. The number of rotatable bonds is 3. The molecule has 14 heavy (non-hydrogen) atoms. The van der Waals surface area contributed by atoms with E-state index in [9.17, 15) is 4.79 Å². The number of hydrogen-bond donors (Lipinski definition) is 1. The van der Waals surface area contributed by atoms with Gasteiger partial charge in [-0.1, -0.05) is 6.92 Å². The molecule has 1 rings (SSSR count). The van der Waals surface area contributed by atoms with Crippen molar-refractivity contribution in [1.29, 1.82) is 0 Å². The van der Waals surface area contributed by atoms with Gasteiger partial charge in [0, 0.05) is 18.4 Å². The summed E-state index contributed by atoms with van der Waals surface area (Å²) in [6.45, 7) is 6.54. The maximum Gasteiger partial charge on any atom is 0.224 e. The molecule has 1 N–H and O–H groups in total. The van der Waals surface area contributed by atoms with E-state index in [4.69, 9.17) is 16.3 Å². The van der Waals surface area contributed by atoms with E-state index >= 15 is 0 Å². The van der Waals surface area contributed by atoms with Gasteiger partial charge in [-0.15, -0.1) is 11.6 Å². The van der Waals surface area contributed by atoms with Crippen LogP contribution in [0.2, 0.25) is 0 Å². The molecule has 1 saturated heterocycles. The first-order chi connectivity index (χ1) is 6.49. The maximum atomic E-state index is 11.6. The lowest BCUT2D eigenvalue weighted by Gasteiger charge is -2.30. The number of ether oxygens (including phenoxy) is 1. The number of carbonyl (C=O) groups is 1. The van der Waals surface area contributed by atoms with Gasteiger partial charge in [0.05, 0.1) is 11.6 Å². The topological polar surface area (TPSA) is 38.3 Å². The van der Waals surface area contributed by atoms with Gasteiger partial charge in [-0.25, -0.2) is 0 Å². The zero-order valence-corrected chi connectivity index (χ0v) is 9.73. The van der Waals surface area contributed by atoms with Crippen LogP contribution in [0.5, 0.6) is 0 Å². The van der Waals surface area contributed by atoms with Crippen molar-refractivity contribution in [2.24, 2.45) is 5.92 Å². The SMILES string of the molecule is CC(CCl)C(=O)NC1(C)CCOC1C. The predicted octanol–water partition coefficient (Wildman–Crippen LogP) is 1.54. The fourth-order valence-corrected chi connectivity index (χ4v) is 1.61. The number of alkyl halides is 1. The molecule has 0 saturated carbocycles. The lowest BCUT2D eigenvalue weighted by atomic mass is 9.94. The number of amides is 1. The van der Waals surface area contributed by atoms with Gasteiger partial charge < -0.3 is 10.1 Å². The first-order valence-corrected chi connectivity index (χ1v) is 5.52. The highest BCUT2D eigenvalue weighted by Gasteiger charge is 2.38. The van der Waals surface area contributed by atoms with Gasteiger partial charge in [0.1, 0.15) is 0 Å². The first kappa shape index (κ1) is 11.8. The molecular formula is C10H18ClNO2. The molecular weight excluding hydrogens is 202 g/mol. The Morgan fingerprint density at radius 1 is 1.79 bits per heavy atom. The summed E-state index contributed by atoms with van der Waals surface area (Å²) in [4.78, 5) is 11.6. The molecule has 0 radical (unpaired) electrons. The Bertz CT molecular complexity index is 222. The molecule has 3 unspecified atom stereocenters. The van der Waals surface area contributed by atoms with E-state index in [1.807, 2.05) is 20.8 Å². The van der Waals surface area contributed by atoms with Gasteiger partial charge in [-0.3, -0.25) is 4.79 Å². The summed E-state index contributed by atoms with van der Waals surface area (Å²) in [5.74, 6) is 0.234. The second-order valence-corrected chi connectivity index (χ2v) is 4.53. The normalized spacial score (nSPS) is 34.1. The molecule has 4 heteroatoms. The molecule has 3 atom stereocenters. The van der Waals surface area contributed by atoms with Crippen molar-refractivity contribution >= 4 is 17.5 Å². The van der Waals surface area contributed by atoms with Gasteiger partial charge in [-0.2, -0.15) is 0 Å². The third kappa shape index (κ3) is 2.39. The van der Waals surface area contributed by atoms with Crippen molar-refractivity contribution in [1.82, 2.24) is 5.32 Å². The fourth-order valence-electron chi connectivity index (χ4n) is 1.47. The zero-order valence-electron chi connectivity index (χ0n) is 8.97. The van der Waals surface area contributed by atoms with Crippen molar-refractivity contribution < 1.29 is 9.53 Å². The van der Waals surface area contributed by atoms with Crippen molar-refractivity contribution in [2.45, 2.75) is 38.8 Å². The Hall–Kier alpha value is -0.280. The third-order valence-corrected chi connectivity index (χ3v) is 3.44. The molecule has 1 aliphatic heterocycles. The molecule has 0 aliphatic carbocycles. The standard InChI is InChI=1S/C10H18ClNO2/c1-7(6-11)9(13)12-10(3)4-5-14-8(10)2/h7-8H,4-6H2,1-3H3,(H,12,13). The zero-order chi connectivity index (χ0) is 10.8. The van der Waals surface area contributed by atoms with Crippen molar-refractivity contribution in [3.8, 4) is 0 Å². The second kappa shape index (κ2) is 4.49. The molecule has 0 bridgehead atoms. The molecule has 0 aromatic carbocycles. The van der Waals surface area contributed by atoms with Gasteiger partial charge in [0.25, 0.3) is 0 Å². The number of hydrogen-bond acceptors (Lipinski definition) is 2. The van der Waals surface area contributed by atoms with E-state index in [2.05, 4.69) is 5.32 Å². The minimum absolute atomic E-state index is 0.0138. The Balaban J connectivity index is 2.54. The van der Waals surface area contributed by atoms with Crippen LogP contribution in [0.4, 0.5) is 0 Å². The molecule has 1 amide bonds. The highest BCUT2D eigenvalue weighted by Crippen LogP contribution is 2.25. The van der Waals surface area contributed by atoms with Crippen LogP contribution in [-0.2, 0) is 9.53 Å². The van der Waals surface area contributed by atoms with Gasteiger partial charge in [0.15, 0.2) is 0 Å². The molecule has 1 aliphatic rings. The van der Waals surface area contributed by atoms with Crippen LogP contribution in [0.25, 0.3) is 0 Å². The lowest BCUT2D eigenvalue weighted by molar-refractivity contribution is -0.126. The van der Waals surface area contributed by atoms with Crippen LogP contribution in [0, 0.1) is 5.92 Å². The van der Waals surface area contributed by atoms with E-state index in [-0.39, 0.29) is 23.5 Å². The molecule has 1 fully saturated rings. The monoisotopic (exact) mass is 219 g/mol. The summed E-state index contributed by atoms with van der Waals surface area (Å²) in [6, 6.07) is 0. The summed E-state index contributed by atoms with van der Waals surface area (Å²) < 4.78 is 5.43. The Morgan fingerprint density at radius 2 is 2.43 bits per heavy atom. The van der Waals surface area contributed by atoms with Crippen LogP contribution in [0.15, 0.2) is 0 Å². The van der Waals surface area contributed by atoms with E-state index in [0.29, 0.717) is 12.5 Å². The number of halogens is 1. The van der Waals surface area contributed by atoms with Gasteiger partial charge >= 0.3 is 0 Å². The van der Waals surface area contributed by atoms with Crippen molar-refractivity contribution in [2.75, 3.05) is 12.5 Å². The summed E-state index contributed by atoms with van der Waals surface area (Å²) in [5.41, 5.74) is -0.225. The van der Waals surface area contributed by atoms with Crippen LogP contribution in [-0.4, -0.2) is 30.0 Å². The smallest absolute Gasteiger partial charge is 0.224 e. The number of carbonyl (C=O) groups excluding carboxylic acids is 1. The van der Waals surface area contributed by atoms with Crippen LogP contribution in [0.1, 0.15) is 27.2 Å². The Kier molecular flexibility index (Phi) is 3.78. The summed E-state index contributed by atoms with van der Waals surface area (Å²) in [7, 11) is 0. The minimum Gasteiger partial charge on any atom is -0.376 e. The molecule has 82 valence electrons. The third-order valence-electron chi connectivity index (χ3n) is 2.97. The van der Waals surface area contributed by atoms with Crippen LogP contribution in [0.3, 0.4) is 0 Å². The molecule has 0 spiro atoms. The minimum atomic E-state index is -0.225. The maximum absolute atomic E-state index is 11.6. The summed E-state index contributed by atoms with van der Waals surface area (Å²) in [6.07, 6.45) is 0.948. The highest BCUT2D eigenvalue weighted by atomic mass is 35.5. The van der Waals surface area contributed by atoms with Crippen LogP contribution < -0.4 is 5.32 Å². The Morgan fingerprint density at radius 3 is 2.86 bits per heavy atom. The van der Waals surface area contributed by atoms with E-state index in [1.165, 1.54) is 0 Å². The fraction of sp³-hybridized carbons (Fsp3) is 0.900. The summed E-state index contributed by atoms with van der Waals surface area (Å²) >= 11 is 5.62.